The fourth-order valence-electron chi connectivity index (χ4n) is 2.20. The van der Waals surface area contributed by atoms with E-state index in [0.29, 0.717) is 12.2 Å². The Labute approximate surface area is 136 Å². The monoisotopic (exact) mass is 313 g/mol. The lowest BCUT2D eigenvalue weighted by Crippen LogP contribution is -2.35. The van der Waals surface area contributed by atoms with E-state index in [9.17, 15) is 4.79 Å². The number of anilines is 1. The van der Waals surface area contributed by atoms with Crippen molar-refractivity contribution in [1.82, 2.24) is 10.3 Å². The topological polar surface area (TPSA) is 77.2 Å². The first-order valence-electron chi connectivity index (χ1n) is 7.58. The number of alkyl carbamates (subject to hydrolysis) is 1. The summed E-state index contributed by atoms with van der Waals surface area (Å²) in [6.07, 6.45) is 1.31. The van der Waals surface area contributed by atoms with Crippen molar-refractivity contribution < 1.29 is 9.53 Å². The molecule has 0 saturated heterocycles. The van der Waals surface area contributed by atoms with Gasteiger partial charge in [-0.2, -0.15) is 0 Å². The molecule has 0 aliphatic rings. The van der Waals surface area contributed by atoms with Crippen LogP contribution in [0.1, 0.15) is 37.9 Å². The van der Waals surface area contributed by atoms with E-state index in [4.69, 9.17) is 10.5 Å². The van der Waals surface area contributed by atoms with Crippen LogP contribution >= 0.6 is 0 Å². The van der Waals surface area contributed by atoms with E-state index in [1.807, 2.05) is 63.2 Å². The highest BCUT2D eigenvalue weighted by Crippen LogP contribution is 2.23. The van der Waals surface area contributed by atoms with Crippen LogP contribution in [-0.4, -0.2) is 23.2 Å². The molecule has 1 heterocycles. The molecule has 5 nitrogen and oxygen atoms in total. The third-order valence-electron chi connectivity index (χ3n) is 3.23. The smallest absolute Gasteiger partial charge is 0.407 e. The summed E-state index contributed by atoms with van der Waals surface area (Å²) in [4.78, 5) is 16.3. The number of benzene rings is 1. The van der Waals surface area contributed by atoms with Crippen LogP contribution in [0, 0.1) is 0 Å². The van der Waals surface area contributed by atoms with Gasteiger partial charge in [-0.05, 0) is 50.6 Å². The standard InChI is InChI=1S/C18H23N3O2/c1-18(2,3)23-17(22)21-12-15(16-6-4-5-11-20-16)13-7-9-14(19)10-8-13/h4-11,15H,12,19H2,1-3H3,(H,21,22). The maximum Gasteiger partial charge on any atom is 0.407 e. The molecular formula is C18H23N3O2. The van der Waals surface area contributed by atoms with Gasteiger partial charge in [0.15, 0.2) is 0 Å². The first kappa shape index (κ1) is 16.8. The number of amides is 1. The Balaban J connectivity index is 2.15. The van der Waals surface area contributed by atoms with Crippen molar-refractivity contribution in [3.8, 4) is 0 Å². The van der Waals surface area contributed by atoms with Crippen LogP contribution in [0.3, 0.4) is 0 Å². The number of nitrogen functional groups attached to an aromatic ring is 1. The lowest BCUT2D eigenvalue weighted by molar-refractivity contribution is 0.0526. The Morgan fingerprint density at radius 3 is 2.48 bits per heavy atom. The van der Waals surface area contributed by atoms with Gasteiger partial charge in [-0.15, -0.1) is 0 Å². The van der Waals surface area contributed by atoms with Gasteiger partial charge in [0.05, 0.1) is 0 Å². The number of carbonyl (C=O) groups excluding carboxylic acids is 1. The molecule has 1 unspecified atom stereocenters. The zero-order chi connectivity index (χ0) is 16.9. The van der Waals surface area contributed by atoms with Gasteiger partial charge in [-0.25, -0.2) is 4.79 Å². The van der Waals surface area contributed by atoms with Crippen molar-refractivity contribution in [3.63, 3.8) is 0 Å². The molecule has 0 aliphatic carbocycles. The van der Waals surface area contributed by atoms with E-state index in [2.05, 4.69) is 10.3 Å². The lowest BCUT2D eigenvalue weighted by Gasteiger charge is -2.22. The molecule has 0 saturated carbocycles. The molecule has 0 spiro atoms. The number of nitrogens with one attached hydrogen (secondary N) is 1. The zero-order valence-electron chi connectivity index (χ0n) is 13.7. The summed E-state index contributed by atoms with van der Waals surface area (Å²) in [5.41, 5.74) is 7.85. The fraction of sp³-hybridized carbons (Fsp3) is 0.333. The summed E-state index contributed by atoms with van der Waals surface area (Å²) in [6.45, 7) is 5.91. The van der Waals surface area contributed by atoms with Gasteiger partial charge < -0.3 is 15.8 Å². The van der Waals surface area contributed by atoms with Crippen molar-refractivity contribution in [1.29, 1.82) is 0 Å². The van der Waals surface area contributed by atoms with Crippen LogP contribution in [0.5, 0.6) is 0 Å². The molecule has 23 heavy (non-hydrogen) atoms. The summed E-state index contributed by atoms with van der Waals surface area (Å²) < 4.78 is 5.29. The van der Waals surface area contributed by atoms with Gasteiger partial charge in [-0.1, -0.05) is 18.2 Å². The molecule has 122 valence electrons. The minimum Gasteiger partial charge on any atom is -0.444 e. The summed E-state index contributed by atoms with van der Waals surface area (Å²) in [5.74, 6) is -0.0654. The van der Waals surface area contributed by atoms with Crippen LogP contribution < -0.4 is 11.1 Å². The van der Waals surface area contributed by atoms with Gasteiger partial charge in [-0.3, -0.25) is 4.98 Å². The number of aromatic nitrogens is 1. The molecule has 0 bridgehead atoms. The van der Waals surface area contributed by atoms with E-state index in [1.54, 1.807) is 6.20 Å². The number of nitrogens with two attached hydrogens (primary N) is 1. The second-order valence-corrected chi connectivity index (χ2v) is 6.36. The lowest BCUT2D eigenvalue weighted by atomic mass is 9.95. The van der Waals surface area contributed by atoms with Crippen molar-refractivity contribution in [2.24, 2.45) is 0 Å². The summed E-state index contributed by atoms with van der Waals surface area (Å²) in [7, 11) is 0. The quantitative estimate of drug-likeness (QED) is 0.849. The zero-order valence-corrected chi connectivity index (χ0v) is 13.7. The molecular weight excluding hydrogens is 290 g/mol. The number of hydrogen-bond acceptors (Lipinski definition) is 4. The Morgan fingerprint density at radius 2 is 1.91 bits per heavy atom. The average molecular weight is 313 g/mol. The van der Waals surface area contributed by atoms with Crippen LogP contribution in [0.15, 0.2) is 48.7 Å². The predicted octanol–water partition coefficient (Wildman–Crippen LogP) is 3.32. The molecule has 0 radical (unpaired) electrons. The minimum atomic E-state index is -0.522. The second-order valence-electron chi connectivity index (χ2n) is 6.36. The summed E-state index contributed by atoms with van der Waals surface area (Å²) in [6, 6.07) is 13.3. The van der Waals surface area contributed by atoms with Gasteiger partial charge in [0.2, 0.25) is 0 Å². The Kier molecular flexibility index (Phi) is 5.21. The van der Waals surface area contributed by atoms with Gasteiger partial charge in [0.1, 0.15) is 5.60 Å². The maximum absolute atomic E-state index is 11.9. The fourth-order valence-corrected chi connectivity index (χ4v) is 2.20. The minimum absolute atomic E-state index is 0.0654. The molecule has 1 amide bonds. The largest absolute Gasteiger partial charge is 0.444 e. The Bertz CT molecular complexity index is 634. The van der Waals surface area contributed by atoms with Gasteiger partial charge in [0.25, 0.3) is 0 Å². The molecule has 2 rings (SSSR count). The highest BCUT2D eigenvalue weighted by Gasteiger charge is 2.20. The van der Waals surface area contributed by atoms with Crippen LogP contribution in [0.25, 0.3) is 0 Å². The Hall–Kier alpha value is -2.56. The third kappa shape index (κ3) is 5.29. The number of hydrogen-bond donors (Lipinski definition) is 2. The molecule has 3 N–H and O–H groups in total. The number of pyridine rings is 1. The van der Waals surface area contributed by atoms with Crippen molar-refractivity contribution in [2.75, 3.05) is 12.3 Å². The number of ether oxygens (including phenoxy) is 1. The van der Waals surface area contributed by atoms with Crippen LogP contribution in [-0.2, 0) is 4.74 Å². The highest BCUT2D eigenvalue weighted by atomic mass is 16.6. The second kappa shape index (κ2) is 7.13. The van der Waals surface area contributed by atoms with Gasteiger partial charge >= 0.3 is 6.09 Å². The van der Waals surface area contributed by atoms with E-state index in [1.165, 1.54) is 0 Å². The summed E-state index contributed by atoms with van der Waals surface area (Å²) >= 11 is 0. The van der Waals surface area contributed by atoms with E-state index in [0.717, 1.165) is 11.3 Å². The number of carbonyl (C=O) groups is 1. The Morgan fingerprint density at radius 1 is 1.22 bits per heavy atom. The van der Waals surface area contributed by atoms with Crippen molar-refractivity contribution >= 4 is 11.8 Å². The maximum atomic E-state index is 11.9. The first-order chi connectivity index (χ1) is 10.8. The number of rotatable bonds is 4. The predicted molar refractivity (Wildman–Crippen MR) is 91.2 cm³/mol. The normalized spacial score (nSPS) is 12.5. The van der Waals surface area contributed by atoms with E-state index in [-0.39, 0.29) is 5.92 Å². The van der Waals surface area contributed by atoms with E-state index >= 15 is 0 Å². The van der Waals surface area contributed by atoms with E-state index < -0.39 is 11.7 Å². The molecule has 1 aromatic heterocycles. The molecule has 2 aromatic rings. The SMILES string of the molecule is CC(C)(C)OC(=O)NCC(c1ccc(N)cc1)c1ccccn1. The van der Waals surface area contributed by atoms with Crippen molar-refractivity contribution in [3.05, 3.63) is 59.9 Å². The molecule has 0 fully saturated rings. The first-order valence-corrected chi connectivity index (χ1v) is 7.58. The van der Waals surface area contributed by atoms with Crippen LogP contribution in [0.2, 0.25) is 0 Å². The third-order valence-corrected chi connectivity index (χ3v) is 3.23. The summed E-state index contributed by atoms with van der Waals surface area (Å²) in [5, 5.41) is 2.82. The average Bonchev–Trinajstić information content (AvgIpc) is 2.48. The molecule has 0 aliphatic heterocycles. The van der Waals surface area contributed by atoms with Crippen molar-refractivity contribution in [2.45, 2.75) is 32.3 Å². The molecule has 1 atom stereocenters. The molecule has 5 heteroatoms. The number of nitrogens with zero attached hydrogens (tertiary/aromatic N) is 1. The van der Waals surface area contributed by atoms with Gasteiger partial charge in [0, 0.05) is 30.0 Å². The van der Waals surface area contributed by atoms with Crippen LogP contribution in [0.4, 0.5) is 10.5 Å². The highest BCUT2D eigenvalue weighted by molar-refractivity contribution is 5.67. The molecule has 1 aromatic carbocycles.